The Bertz CT molecular complexity index is 931. The number of ether oxygens (including phenoxy) is 1. The first kappa shape index (κ1) is 19.4. The molecule has 1 heterocycles. The molecule has 8 heteroatoms. The molecule has 0 saturated heterocycles. The molecule has 6 nitrogen and oxygen atoms in total. The number of rotatable bonds is 7. The molecule has 0 unspecified atom stereocenters. The molecule has 0 atom stereocenters. The zero-order chi connectivity index (χ0) is 19.2. The lowest BCUT2D eigenvalue weighted by atomic mass is 10.2. The molecule has 27 heavy (non-hydrogen) atoms. The van der Waals surface area contributed by atoms with E-state index in [0.717, 1.165) is 5.56 Å². The van der Waals surface area contributed by atoms with Crippen molar-refractivity contribution >= 4 is 39.1 Å². The number of nitrogens with one attached hydrogen (secondary N) is 1. The molecular weight excluding hydrogens is 434 g/mol. The molecule has 0 radical (unpaired) electrons. The summed E-state index contributed by atoms with van der Waals surface area (Å²) in [6.45, 7) is 2.33. The van der Waals surface area contributed by atoms with E-state index in [4.69, 9.17) is 20.9 Å². The Kier molecular flexibility index (Phi) is 6.47. The predicted octanol–water partition coefficient (Wildman–Crippen LogP) is 5.12. The third kappa shape index (κ3) is 5.08. The predicted molar refractivity (Wildman–Crippen MR) is 107 cm³/mol. The summed E-state index contributed by atoms with van der Waals surface area (Å²) in [6.07, 6.45) is 0.517. The van der Waals surface area contributed by atoms with Gasteiger partial charge in [-0.3, -0.25) is 4.79 Å². The highest BCUT2D eigenvalue weighted by atomic mass is 79.9. The van der Waals surface area contributed by atoms with Gasteiger partial charge < -0.3 is 14.6 Å². The average Bonchev–Trinajstić information content (AvgIpc) is 3.13. The number of aryl methyl sites for hydroxylation is 1. The minimum Gasteiger partial charge on any atom is -0.491 e. The maximum absolute atomic E-state index is 12.3. The summed E-state index contributed by atoms with van der Waals surface area (Å²) in [5.41, 5.74) is 1.37. The van der Waals surface area contributed by atoms with Gasteiger partial charge in [0.2, 0.25) is 17.6 Å². The van der Waals surface area contributed by atoms with Crippen LogP contribution in [0.25, 0.3) is 11.4 Å². The van der Waals surface area contributed by atoms with Crippen LogP contribution in [0, 0.1) is 0 Å². The van der Waals surface area contributed by atoms with Gasteiger partial charge in [-0.1, -0.05) is 47.1 Å². The Labute approximate surface area is 170 Å². The molecule has 0 aliphatic carbocycles. The second-order valence-electron chi connectivity index (χ2n) is 5.62. The van der Waals surface area contributed by atoms with Crippen LogP contribution in [0.2, 0.25) is 5.02 Å². The van der Waals surface area contributed by atoms with Gasteiger partial charge in [-0.2, -0.15) is 4.98 Å². The van der Waals surface area contributed by atoms with E-state index in [1.165, 1.54) is 0 Å². The molecule has 0 bridgehead atoms. The van der Waals surface area contributed by atoms with Gasteiger partial charge in [0, 0.05) is 23.4 Å². The Hall–Kier alpha value is -2.38. The number of anilines is 1. The Morgan fingerprint density at radius 3 is 2.81 bits per heavy atom. The van der Waals surface area contributed by atoms with Crippen molar-refractivity contribution in [2.45, 2.75) is 19.8 Å². The van der Waals surface area contributed by atoms with Crippen molar-refractivity contribution in [1.29, 1.82) is 0 Å². The molecule has 0 saturated carbocycles. The first-order valence-electron chi connectivity index (χ1n) is 8.36. The first-order chi connectivity index (χ1) is 13.1. The average molecular weight is 451 g/mol. The van der Waals surface area contributed by atoms with Crippen molar-refractivity contribution < 1.29 is 14.1 Å². The smallest absolute Gasteiger partial charge is 0.227 e. The SMILES string of the molecule is CCOc1c(Br)cc(Cl)cc1NC(=O)CCc1nc(-c2ccccc2)no1. The van der Waals surface area contributed by atoms with E-state index in [-0.39, 0.29) is 12.3 Å². The highest BCUT2D eigenvalue weighted by Gasteiger charge is 2.15. The molecule has 3 aromatic rings. The highest BCUT2D eigenvalue weighted by Crippen LogP contribution is 2.36. The van der Waals surface area contributed by atoms with Crippen molar-refractivity contribution in [3.63, 3.8) is 0 Å². The molecule has 0 spiro atoms. The summed E-state index contributed by atoms with van der Waals surface area (Å²) in [5, 5.41) is 7.26. The summed E-state index contributed by atoms with van der Waals surface area (Å²) in [6, 6.07) is 12.9. The zero-order valence-corrected chi connectivity index (χ0v) is 16.9. The monoisotopic (exact) mass is 449 g/mol. The number of aromatic nitrogens is 2. The van der Waals surface area contributed by atoms with Gasteiger partial charge in [0.15, 0.2) is 5.75 Å². The van der Waals surface area contributed by atoms with Crippen molar-refractivity contribution in [3.05, 3.63) is 57.9 Å². The van der Waals surface area contributed by atoms with Crippen LogP contribution in [0.15, 0.2) is 51.5 Å². The number of hydrogen-bond acceptors (Lipinski definition) is 5. The second-order valence-corrected chi connectivity index (χ2v) is 6.91. The summed E-state index contributed by atoms with van der Waals surface area (Å²) in [4.78, 5) is 16.7. The molecule has 140 valence electrons. The maximum atomic E-state index is 12.3. The number of amides is 1. The number of hydrogen-bond donors (Lipinski definition) is 1. The fourth-order valence-corrected chi connectivity index (χ4v) is 3.36. The van der Waals surface area contributed by atoms with Crippen LogP contribution in [-0.4, -0.2) is 22.7 Å². The van der Waals surface area contributed by atoms with Crippen LogP contribution >= 0.6 is 27.5 Å². The summed E-state index contributed by atoms with van der Waals surface area (Å²) >= 11 is 9.47. The molecule has 2 aromatic carbocycles. The summed E-state index contributed by atoms with van der Waals surface area (Å²) in [5.74, 6) is 1.24. The van der Waals surface area contributed by atoms with E-state index in [1.54, 1.807) is 12.1 Å². The minimum atomic E-state index is -0.204. The van der Waals surface area contributed by atoms with Gasteiger partial charge in [-0.15, -0.1) is 0 Å². The third-order valence-electron chi connectivity index (χ3n) is 3.64. The number of benzene rings is 2. The highest BCUT2D eigenvalue weighted by molar-refractivity contribution is 9.10. The number of nitrogens with zero attached hydrogens (tertiary/aromatic N) is 2. The molecule has 0 fully saturated rings. The number of carbonyl (C=O) groups is 1. The van der Waals surface area contributed by atoms with Crippen LogP contribution in [-0.2, 0) is 11.2 Å². The Balaban J connectivity index is 1.63. The normalized spacial score (nSPS) is 10.6. The molecular formula is C19H17BrClN3O3. The third-order valence-corrected chi connectivity index (χ3v) is 4.44. The van der Waals surface area contributed by atoms with Gasteiger partial charge >= 0.3 is 0 Å². The van der Waals surface area contributed by atoms with Crippen LogP contribution in [0.3, 0.4) is 0 Å². The molecule has 1 N–H and O–H groups in total. The van der Waals surface area contributed by atoms with E-state index in [1.807, 2.05) is 37.3 Å². The second kappa shape index (κ2) is 9.01. The Morgan fingerprint density at radius 2 is 2.07 bits per heavy atom. The van der Waals surface area contributed by atoms with Gasteiger partial charge in [-0.25, -0.2) is 0 Å². The van der Waals surface area contributed by atoms with E-state index in [9.17, 15) is 4.79 Å². The van der Waals surface area contributed by atoms with Crippen LogP contribution in [0.5, 0.6) is 5.75 Å². The first-order valence-corrected chi connectivity index (χ1v) is 9.53. The van der Waals surface area contributed by atoms with E-state index in [2.05, 4.69) is 31.4 Å². The van der Waals surface area contributed by atoms with Gasteiger partial charge in [0.05, 0.1) is 16.8 Å². The molecule has 1 aromatic heterocycles. The van der Waals surface area contributed by atoms with Gasteiger partial charge in [0.25, 0.3) is 0 Å². The van der Waals surface area contributed by atoms with E-state index >= 15 is 0 Å². The standard InChI is InChI=1S/C19H17BrClN3O3/c1-2-26-18-14(20)10-13(21)11-15(18)22-16(25)8-9-17-23-19(24-27-17)12-6-4-3-5-7-12/h3-7,10-11H,2,8-9H2,1H3,(H,22,25). The fourth-order valence-electron chi connectivity index (χ4n) is 2.44. The van der Waals surface area contributed by atoms with Crippen molar-refractivity contribution in [3.8, 4) is 17.1 Å². The number of halogens is 2. The zero-order valence-electron chi connectivity index (χ0n) is 14.5. The minimum absolute atomic E-state index is 0.187. The van der Waals surface area contributed by atoms with Crippen LogP contribution < -0.4 is 10.1 Å². The summed E-state index contributed by atoms with van der Waals surface area (Å²) in [7, 11) is 0. The maximum Gasteiger partial charge on any atom is 0.227 e. The largest absolute Gasteiger partial charge is 0.491 e. The quantitative estimate of drug-likeness (QED) is 0.540. The van der Waals surface area contributed by atoms with Crippen molar-refractivity contribution in [2.75, 3.05) is 11.9 Å². The molecule has 3 rings (SSSR count). The molecule has 1 amide bonds. The topological polar surface area (TPSA) is 77.2 Å². The van der Waals surface area contributed by atoms with E-state index < -0.39 is 0 Å². The number of carbonyl (C=O) groups excluding carboxylic acids is 1. The van der Waals surface area contributed by atoms with Crippen molar-refractivity contribution in [2.24, 2.45) is 0 Å². The lowest BCUT2D eigenvalue weighted by Gasteiger charge is -2.13. The van der Waals surface area contributed by atoms with Crippen molar-refractivity contribution in [1.82, 2.24) is 10.1 Å². The molecule has 0 aliphatic rings. The van der Waals surface area contributed by atoms with Crippen LogP contribution in [0.1, 0.15) is 19.2 Å². The molecule has 0 aliphatic heterocycles. The van der Waals surface area contributed by atoms with Gasteiger partial charge in [-0.05, 0) is 35.0 Å². The fraction of sp³-hybridized carbons (Fsp3) is 0.211. The Morgan fingerprint density at radius 1 is 1.30 bits per heavy atom. The van der Waals surface area contributed by atoms with Crippen LogP contribution in [0.4, 0.5) is 5.69 Å². The van der Waals surface area contributed by atoms with Gasteiger partial charge in [0.1, 0.15) is 0 Å². The van der Waals surface area contributed by atoms with E-state index in [0.29, 0.717) is 45.7 Å². The lowest BCUT2D eigenvalue weighted by Crippen LogP contribution is -2.13. The lowest BCUT2D eigenvalue weighted by molar-refractivity contribution is -0.116. The summed E-state index contributed by atoms with van der Waals surface area (Å²) < 4.78 is 11.5.